The molecule has 4 nitrogen and oxygen atoms in total. The normalized spacial score (nSPS) is 20.3. The third-order valence-corrected chi connectivity index (χ3v) is 3.17. The molecule has 4 heteroatoms. The first kappa shape index (κ1) is 12.5. The first-order valence-corrected chi connectivity index (χ1v) is 5.80. The van der Waals surface area contributed by atoms with Gasteiger partial charge in [0.2, 0.25) is 5.91 Å². The zero-order chi connectivity index (χ0) is 11.5. The lowest BCUT2D eigenvalue weighted by molar-refractivity contribution is -0.122. The number of rotatable bonds is 7. The average molecular weight is 213 g/mol. The van der Waals surface area contributed by atoms with Crippen molar-refractivity contribution in [3.63, 3.8) is 0 Å². The summed E-state index contributed by atoms with van der Waals surface area (Å²) < 4.78 is 0. The van der Waals surface area contributed by atoms with Gasteiger partial charge in [0.05, 0.1) is 5.54 Å². The Hall–Kier alpha value is -0.610. The molecule has 0 aromatic carbocycles. The summed E-state index contributed by atoms with van der Waals surface area (Å²) in [6.07, 6.45) is 4.26. The van der Waals surface area contributed by atoms with Gasteiger partial charge in [0.15, 0.2) is 0 Å². The smallest absolute Gasteiger partial charge is 0.237 e. The van der Waals surface area contributed by atoms with Crippen LogP contribution < -0.4 is 11.5 Å². The zero-order valence-electron chi connectivity index (χ0n) is 9.83. The topological polar surface area (TPSA) is 72.3 Å². The number of carbonyl (C=O) groups is 1. The van der Waals surface area contributed by atoms with E-state index in [9.17, 15) is 4.79 Å². The summed E-state index contributed by atoms with van der Waals surface area (Å²) in [4.78, 5) is 13.5. The van der Waals surface area contributed by atoms with Crippen molar-refractivity contribution in [2.45, 2.75) is 51.1 Å². The lowest BCUT2D eigenvalue weighted by Gasteiger charge is -2.24. The summed E-state index contributed by atoms with van der Waals surface area (Å²) in [5.41, 5.74) is 10.2. The van der Waals surface area contributed by atoms with Crippen molar-refractivity contribution < 1.29 is 4.79 Å². The molecule has 1 atom stereocenters. The predicted octanol–water partition coefficient (Wildman–Crippen LogP) is 0.454. The van der Waals surface area contributed by atoms with E-state index >= 15 is 0 Å². The highest BCUT2D eigenvalue weighted by Gasteiger charge is 2.29. The quantitative estimate of drug-likeness (QED) is 0.645. The van der Waals surface area contributed by atoms with Crippen molar-refractivity contribution in [1.29, 1.82) is 0 Å². The fraction of sp³-hybridized carbons (Fsp3) is 0.909. The summed E-state index contributed by atoms with van der Waals surface area (Å²) in [7, 11) is 0. The van der Waals surface area contributed by atoms with Crippen LogP contribution in [0.4, 0.5) is 0 Å². The summed E-state index contributed by atoms with van der Waals surface area (Å²) in [5.74, 6) is -0.406. The maximum absolute atomic E-state index is 11.0. The number of nitrogens with two attached hydrogens (primary N) is 2. The molecule has 0 spiro atoms. The molecule has 0 aliphatic heterocycles. The van der Waals surface area contributed by atoms with E-state index in [2.05, 4.69) is 11.8 Å². The first-order chi connectivity index (χ1) is 6.97. The van der Waals surface area contributed by atoms with Gasteiger partial charge in [-0.2, -0.15) is 0 Å². The van der Waals surface area contributed by atoms with E-state index in [0.29, 0.717) is 6.42 Å². The number of hydrogen-bond acceptors (Lipinski definition) is 3. The molecule has 0 aromatic heterocycles. The third-order valence-electron chi connectivity index (χ3n) is 3.17. The number of primary amides is 1. The molecule has 4 N–H and O–H groups in total. The van der Waals surface area contributed by atoms with Crippen LogP contribution in [-0.2, 0) is 4.79 Å². The lowest BCUT2D eigenvalue weighted by Crippen LogP contribution is -2.49. The Morgan fingerprint density at radius 1 is 1.53 bits per heavy atom. The molecule has 88 valence electrons. The van der Waals surface area contributed by atoms with Gasteiger partial charge in [-0.1, -0.05) is 6.92 Å². The Balaban J connectivity index is 2.22. The van der Waals surface area contributed by atoms with Gasteiger partial charge in [0, 0.05) is 6.04 Å². The molecule has 0 heterocycles. The fourth-order valence-corrected chi connectivity index (χ4v) is 1.81. The van der Waals surface area contributed by atoms with E-state index in [4.69, 9.17) is 11.5 Å². The largest absolute Gasteiger partial charge is 0.368 e. The summed E-state index contributed by atoms with van der Waals surface area (Å²) >= 11 is 0. The molecule has 0 radical (unpaired) electrons. The molecular weight excluding hydrogens is 190 g/mol. The molecule has 0 aromatic rings. The SMILES string of the molecule is CCN(CCCC(C)(N)C(N)=O)C1CC1. The van der Waals surface area contributed by atoms with Gasteiger partial charge in [-0.25, -0.2) is 0 Å². The average Bonchev–Trinajstić information content (AvgIpc) is 2.95. The molecule has 1 unspecified atom stereocenters. The van der Waals surface area contributed by atoms with E-state index in [1.807, 2.05) is 0 Å². The second kappa shape index (κ2) is 4.94. The summed E-state index contributed by atoms with van der Waals surface area (Å²) in [6, 6.07) is 0.785. The van der Waals surface area contributed by atoms with Crippen LogP contribution in [0.25, 0.3) is 0 Å². The van der Waals surface area contributed by atoms with Crippen LogP contribution in [0, 0.1) is 0 Å². The van der Waals surface area contributed by atoms with Gasteiger partial charge >= 0.3 is 0 Å². The Kier molecular flexibility index (Phi) is 4.11. The van der Waals surface area contributed by atoms with Crippen molar-refractivity contribution in [2.24, 2.45) is 11.5 Å². The van der Waals surface area contributed by atoms with Crippen LogP contribution in [0.3, 0.4) is 0 Å². The molecule has 15 heavy (non-hydrogen) atoms. The van der Waals surface area contributed by atoms with Crippen LogP contribution in [0.15, 0.2) is 0 Å². The van der Waals surface area contributed by atoms with Crippen LogP contribution in [0.1, 0.15) is 39.5 Å². The highest BCUT2D eigenvalue weighted by Crippen LogP contribution is 2.26. The molecule has 1 saturated carbocycles. The lowest BCUT2D eigenvalue weighted by atomic mass is 9.96. The van der Waals surface area contributed by atoms with E-state index < -0.39 is 11.4 Å². The van der Waals surface area contributed by atoms with Gasteiger partial charge in [-0.05, 0) is 45.7 Å². The van der Waals surface area contributed by atoms with E-state index in [1.165, 1.54) is 12.8 Å². The number of hydrogen-bond donors (Lipinski definition) is 2. The minimum atomic E-state index is -0.844. The summed E-state index contributed by atoms with van der Waals surface area (Å²) in [6.45, 7) is 6.00. The van der Waals surface area contributed by atoms with Crippen LogP contribution in [0.5, 0.6) is 0 Å². The summed E-state index contributed by atoms with van der Waals surface area (Å²) in [5, 5.41) is 0. The Bertz CT molecular complexity index is 224. The minimum Gasteiger partial charge on any atom is -0.368 e. The van der Waals surface area contributed by atoms with Gasteiger partial charge in [0.1, 0.15) is 0 Å². The minimum absolute atomic E-state index is 0.406. The molecule has 1 fully saturated rings. The van der Waals surface area contributed by atoms with E-state index in [0.717, 1.165) is 25.6 Å². The highest BCUT2D eigenvalue weighted by atomic mass is 16.1. The highest BCUT2D eigenvalue weighted by molar-refractivity contribution is 5.83. The van der Waals surface area contributed by atoms with Crippen LogP contribution in [-0.4, -0.2) is 35.5 Å². The van der Waals surface area contributed by atoms with Gasteiger partial charge in [0.25, 0.3) is 0 Å². The Morgan fingerprint density at radius 2 is 2.13 bits per heavy atom. The van der Waals surface area contributed by atoms with Gasteiger partial charge in [-0.3, -0.25) is 4.79 Å². The molecular formula is C11H23N3O. The van der Waals surface area contributed by atoms with Crippen molar-refractivity contribution in [1.82, 2.24) is 4.90 Å². The van der Waals surface area contributed by atoms with Crippen LogP contribution in [0.2, 0.25) is 0 Å². The molecule has 0 saturated heterocycles. The maximum Gasteiger partial charge on any atom is 0.237 e. The van der Waals surface area contributed by atoms with Crippen molar-refractivity contribution >= 4 is 5.91 Å². The molecule has 1 aliphatic carbocycles. The predicted molar refractivity (Wildman–Crippen MR) is 61.3 cm³/mol. The first-order valence-electron chi connectivity index (χ1n) is 5.80. The van der Waals surface area contributed by atoms with Gasteiger partial charge < -0.3 is 16.4 Å². The standard InChI is InChI=1S/C11H23N3O/c1-3-14(9-5-6-9)8-4-7-11(2,13)10(12)15/h9H,3-8,13H2,1-2H3,(H2,12,15). The van der Waals surface area contributed by atoms with Crippen LogP contribution >= 0.6 is 0 Å². The zero-order valence-corrected chi connectivity index (χ0v) is 9.83. The Labute approximate surface area is 92.0 Å². The molecule has 0 bridgehead atoms. The number of carbonyl (C=O) groups excluding carboxylic acids is 1. The third kappa shape index (κ3) is 3.80. The fourth-order valence-electron chi connectivity index (χ4n) is 1.81. The molecule has 1 amide bonds. The van der Waals surface area contributed by atoms with Crippen molar-refractivity contribution in [3.8, 4) is 0 Å². The van der Waals surface area contributed by atoms with Crippen molar-refractivity contribution in [3.05, 3.63) is 0 Å². The maximum atomic E-state index is 11.0. The number of amides is 1. The molecule has 1 aliphatic rings. The monoisotopic (exact) mass is 213 g/mol. The van der Waals surface area contributed by atoms with E-state index in [1.54, 1.807) is 6.92 Å². The number of nitrogens with zero attached hydrogens (tertiary/aromatic N) is 1. The van der Waals surface area contributed by atoms with Crippen molar-refractivity contribution in [2.75, 3.05) is 13.1 Å². The van der Waals surface area contributed by atoms with E-state index in [-0.39, 0.29) is 0 Å². The Morgan fingerprint density at radius 3 is 2.53 bits per heavy atom. The second-order valence-electron chi connectivity index (χ2n) is 4.75. The van der Waals surface area contributed by atoms with Gasteiger partial charge in [-0.15, -0.1) is 0 Å². The second-order valence-corrected chi connectivity index (χ2v) is 4.75. The molecule has 1 rings (SSSR count).